The molecule has 0 aromatic rings. The quantitative estimate of drug-likeness (QED) is 0.288. The van der Waals surface area contributed by atoms with E-state index in [1.54, 1.807) is 13.8 Å². The maximum atomic E-state index is 13.2. The van der Waals surface area contributed by atoms with Crippen molar-refractivity contribution in [2.45, 2.75) is 91.3 Å². The highest BCUT2D eigenvalue weighted by atomic mass is 16.5. The van der Waals surface area contributed by atoms with E-state index in [1.807, 2.05) is 6.92 Å². The number of aliphatic hydroxyl groups excluding tert-OH is 1. The summed E-state index contributed by atoms with van der Waals surface area (Å²) in [7, 11) is 0. The predicted molar refractivity (Wildman–Crippen MR) is 134 cm³/mol. The fraction of sp³-hybridized carbons (Fsp3) is 0.692. The summed E-state index contributed by atoms with van der Waals surface area (Å²) in [5, 5.41) is 17.6. The van der Waals surface area contributed by atoms with Crippen LogP contribution in [0, 0.1) is 17.8 Å². The number of allylic oxidation sites excluding steroid dienone is 1. The SMILES string of the molecule is C=C1/C=C/C(=O)OC([C@H](C)CCCCCC)[C@@H](CCO)C(=O)N[C@@H](C)C(=O)N[C@H](C(C)C)C(=O)N1. The number of ether oxygens (including phenoxy) is 1. The van der Waals surface area contributed by atoms with Crippen LogP contribution in [0.25, 0.3) is 0 Å². The Kier molecular flexibility index (Phi) is 13.3. The van der Waals surface area contributed by atoms with E-state index in [1.165, 1.54) is 13.0 Å². The van der Waals surface area contributed by atoms with Crippen LogP contribution in [-0.4, -0.2) is 53.6 Å². The molecule has 198 valence electrons. The molecule has 9 nitrogen and oxygen atoms in total. The highest BCUT2D eigenvalue weighted by Crippen LogP contribution is 2.26. The van der Waals surface area contributed by atoms with Crippen molar-refractivity contribution < 1.29 is 29.0 Å². The fourth-order valence-corrected chi connectivity index (χ4v) is 4.05. The summed E-state index contributed by atoms with van der Waals surface area (Å²) in [6, 6.07) is -1.81. The molecule has 9 heteroatoms. The minimum absolute atomic E-state index is 0.0719. The molecule has 4 N–H and O–H groups in total. The largest absolute Gasteiger partial charge is 0.458 e. The minimum Gasteiger partial charge on any atom is -0.458 e. The maximum Gasteiger partial charge on any atom is 0.331 e. The van der Waals surface area contributed by atoms with E-state index < -0.39 is 47.8 Å². The van der Waals surface area contributed by atoms with Gasteiger partial charge in [-0.25, -0.2) is 4.79 Å². The molecule has 3 amide bonds. The lowest BCUT2D eigenvalue weighted by molar-refractivity contribution is -0.153. The van der Waals surface area contributed by atoms with Gasteiger partial charge in [0.25, 0.3) is 0 Å². The monoisotopic (exact) mass is 493 g/mol. The Hall–Kier alpha value is -2.68. The number of aliphatic hydroxyl groups is 1. The van der Waals surface area contributed by atoms with Crippen molar-refractivity contribution in [1.82, 2.24) is 16.0 Å². The van der Waals surface area contributed by atoms with Crippen LogP contribution in [0.4, 0.5) is 0 Å². The average Bonchev–Trinajstić information content (AvgIpc) is 2.79. The first-order chi connectivity index (χ1) is 16.5. The standard InChI is InChI=1S/C26H43N3O6/c1-7-8-9-10-11-17(4)23-20(14-15-30)25(33)28-19(6)24(32)29-22(16(2)3)26(34)27-18(5)12-13-21(31)35-23/h12-13,16-17,19-20,22-23,30H,5,7-11,14-15H2,1-4,6H3,(H,27,34)(H,28,33)(H,29,32)/b13-12+/t17-,19+,20-,22-,23?/m1/s1. The Labute approximate surface area is 209 Å². The lowest BCUT2D eigenvalue weighted by Gasteiger charge is -2.31. The third-order valence-electron chi connectivity index (χ3n) is 6.20. The Morgan fingerprint density at radius 3 is 2.29 bits per heavy atom. The summed E-state index contributed by atoms with van der Waals surface area (Å²) in [5.41, 5.74) is 0.167. The summed E-state index contributed by atoms with van der Waals surface area (Å²) < 4.78 is 5.73. The molecule has 0 saturated heterocycles. The van der Waals surface area contributed by atoms with Gasteiger partial charge in [0.2, 0.25) is 17.7 Å². The molecular weight excluding hydrogens is 450 g/mol. The van der Waals surface area contributed by atoms with Crippen molar-refractivity contribution in [3.05, 3.63) is 24.4 Å². The van der Waals surface area contributed by atoms with Crippen LogP contribution < -0.4 is 16.0 Å². The van der Waals surface area contributed by atoms with Crippen LogP contribution in [-0.2, 0) is 23.9 Å². The second kappa shape index (κ2) is 15.3. The number of hydrogen-bond acceptors (Lipinski definition) is 6. The molecule has 0 bridgehead atoms. The Bertz CT molecular complexity index is 779. The Morgan fingerprint density at radius 1 is 1.00 bits per heavy atom. The van der Waals surface area contributed by atoms with Crippen LogP contribution in [0.3, 0.4) is 0 Å². The first-order valence-corrected chi connectivity index (χ1v) is 12.6. The van der Waals surface area contributed by atoms with Crippen molar-refractivity contribution in [3.63, 3.8) is 0 Å². The van der Waals surface area contributed by atoms with Gasteiger partial charge in [-0.15, -0.1) is 0 Å². The summed E-state index contributed by atoms with van der Waals surface area (Å²) >= 11 is 0. The van der Waals surface area contributed by atoms with Crippen molar-refractivity contribution >= 4 is 23.7 Å². The van der Waals surface area contributed by atoms with E-state index in [2.05, 4.69) is 29.5 Å². The van der Waals surface area contributed by atoms with E-state index in [0.717, 1.165) is 38.2 Å². The first-order valence-electron chi connectivity index (χ1n) is 12.6. The number of cyclic esters (lactones) is 1. The maximum absolute atomic E-state index is 13.2. The number of carbonyl (C=O) groups is 4. The van der Waals surface area contributed by atoms with E-state index in [-0.39, 0.29) is 30.6 Å². The molecule has 1 unspecified atom stereocenters. The number of hydrogen-bond donors (Lipinski definition) is 4. The third-order valence-corrected chi connectivity index (χ3v) is 6.20. The van der Waals surface area contributed by atoms with E-state index in [0.29, 0.717) is 0 Å². The normalized spacial score (nSPS) is 26.7. The van der Waals surface area contributed by atoms with Gasteiger partial charge in [0.15, 0.2) is 0 Å². The fourth-order valence-electron chi connectivity index (χ4n) is 4.05. The molecule has 5 atom stereocenters. The van der Waals surface area contributed by atoms with Crippen molar-refractivity contribution in [2.24, 2.45) is 17.8 Å². The smallest absolute Gasteiger partial charge is 0.331 e. The molecule has 0 aliphatic carbocycles. The van der Waals surface area contributed by atoms with Gasteiger partial charge in [0, 0.05) is 18.4 Å². The van der Waals surface area contributed by atoms with Gasteiger partial charge in [-0.2, -0.15) is 0 Å². The lowest BCUT2D eigenvalue weighted by Crippen LogP contribution is -2.55. The van der Waals surface area contributed by atoms with Crippen molar-refractivity contribution in [3.8, 4) is 0 Å². The molecule has 0 aromatic carbocycles. The molecule has 1 aliphatic rings. The third kappa shape index (κ3) is 10.2. The molecule has 0 aromatic heterocycles. The van der Waals surface area contributed by atoms with Gasteiger partial charge < -0.3 is 25.8 Å². The second-order valence-corrected chi connectivity index (χ2v) is 9.66. The first kappa shape index (κ1) is 30.4. The van der Waals surface area contributed by atoms with Gasteiger partial charge in [0.05, 0.1) is 5.92 Å². The predicted octanol–water partition coefficient (Wildman–Crippen LogP) is 2.35. The number of rotatable bonds is 9. The number of amides is 3. The molecule has 1 aliphatic heterocycles. The topological polar surface area (TPSA) is 134 Å². The van der Waals surface area contributed by atoms with Gasteiger partial charge in [-0.05, 0) is 37.7 Å². The molecule has 0 saturated carbocycles. The molecule has 0 spiro atoms. The van der Waals surface area contributed by atoms with Crippen LogP contribution in [0.15, 0.2) is 24.4 Å². The number of nitrogens with one attached hydrogen (secondary N) is 3. The summed E-state index contributed by atoms with van der Waals surface area (Å²) in [4.78, 5) is 51.4. The zero-order chi connectivity index (χ0) is 26.5. The molecule has 1 rings (SSSR count). The van der Waals surface area contributed by atoms with E-state index in [9.17, 15) is 24.3 Å². The van der Waals surface area contributed by atoms with Crippen LogP contribution in [0.1, 0.15) is 73.1 Å². The zero-order valence-electron chi connectivity index (χ0n) is 21.8. The van der Waals surface area contributed by atoms with E-state index in [4.69, 9.17) is 4.74 Å². The summed E-state index contributed by atoms with van der Waals surface area (Å²) in [6.07, 6.45) is 6.63. The van der Waals surface area contributed by atoms with Crippen LogP contribution >= 0.6 is 0 Å². The van der Waals surface area contributed by atoms with Gasteiger partial charge in [-0.3, -0.25) is 14.4 Å². The Balaban J connectivity index is 3.29. The molecular formula is C26H43N3O6. The van der Waals surface area contributed by atoms with Crippen LogP contribution in [0.2, 0.25) is 0 Å². The Morgan fingerprint density at radius 2 is 1.69 bits per heavy atom. The molecule has 1 heterocycles. The summed E-state index contributed by atoms with van der Waals surface area (Å²) in [6.45, 7) is 12.6. The van der Waals surface area contributed by atoms with Gasteiger partial charge >= 0.3 is 5.97 Å². The zero-order valence-corrected chi connectivity index (χ0v) is 21.8. The van der Waals surface area contributed by atoms with Crippen LogP contribution in [0.5, 0.6) is 0 Å². The molecule has 0 radical (unpaired) electrons. The highest BCUT2D eigenvalue weighted by molar-refractivity contribution is 5.93. The van der Waals surface area contributed by atoms with Gasteiger partial charge in [0.1, 0.15) is 18.2 Å². The van der Waals surface area contributed by atoms with E-state index >= 15 is 0 Å². The minimum atomic E-state index is -0.944. The average molecular weight is 494 g/mol. The number of carbonyl (C=O) groups excluding carboxylic acids is 4. The number of unbranched alkanes of at least 4 members (excludes halogenated alkanes) is 3. The highest BCUT2D eigenvalue weighted by Gasteiger charge is 2.36. The molecule has 0 fully saturated rings. The second-order valence-electron chi connectivity index (χ2n) is 9.66. The van der Waals surface area contributed by atoms with Gasteiger partial charge in [-0.1, -0.05) is 60.0 Å². The number of esters is 1. The van der Waals surface area contributed by atoms with Crippen molar-refractivity contribution in [2.75, 3.05) is 6.61 Å². The van der Waals surface area contributed by atoms with Crippen molar-refractivity contribution in [1.29, 1.82) is 0 Å². The lowest BCUT2D eigenvalue weighted by atomic mass is 9.85. The molecule has 35 heavy (non-hydrogen) atoms. The summed E-state index contributed by atoms with van der Waals surface area (Å²) in [5.74, 6) is -3.41.